The predicted octanol–water partition coefficient (Wildman–Crippen LogP) is 2.29. The predicted molar refractivity (Wildman–Crippen MR) is 99.1 cm³/mol. The van der Waals surface area contributed by atoms with Crippen molar-refractivity contribution < 1.29 is 10.2 Å². The molecule has 0 spiro atoms. The third-order valence-corrected chi connectivity index (χ3v) is 6.36. The molecule has 0 aromatic rings. The molecule has 2 fully saturated rings. The van der Waals surface area contributed by atoms with Gasteiger partial charge in [0.2, 0.25) is 0 Å². The Balaban J connectivity index is 1.44. The average Bonchev–Trinajstić information content (AvgIpc) is 2.60. The van der Waals surface area contributed by atoms with E-state index < -0.39 is 0 Å². The van der Waals surface area contributed by atoms with Crippen molar-refractivity contribution in [3.8, 4) is 0 Å². The second kappa shape index (κ2) is 11.7. The van der Waals surface area contributed by atoms with Gasteiger partial charge in [0.15, 0.2) is 0 Å². The molecule has 0 unspecified atom stereocenters. The minimum atomic E-state index is -0.305. The van der Waals surface area contributed by atoms with Gasteiger partial charge in [0, 0.05) is 36.7 Å². The van der Waals surface area contributed by atoms with Gasteiger partial charge in [0.25, 0.3) is 0 Å². The smallest absolute Gasteiger partial charge is 0.0754 e. The van der Waals surface area contributed by atoms with E-state index in [1.165, 1.54) is 64.2 Å². The largest absolute Gasteiger partial charge is 0.391 e. The molecule has 0 aliphatic heterocycles. The van der Waals surface area contributed by atoms with Crippen LogP contribution in [0.25, 0.3) is 0 Å². The third kappa shape index (κ3) is 8.73. The lowest BCUT2D eigenvalue weighted by Gasteiger charge is -2.25. The van der Waals surface area contributed by atoms with E-state index in [2.05, 4.69) is 10.6 Å². The summed E-state index contributed by atoms with van der Waals surface area (Å²) in [5, 5.41) is 27.1. The van der Waals surface area contributed by atoms with E-state index in [9.17, 15) is 10.2 Å². The fraction of sp³-hybridized carbons (Fsp3) is 1.00. The molecule has 136 valence electrons. The Bertz CT molecular complexity index is 267. The first-order valence-electron chi connectivity index (χ1n) is 9.64. The van der Waals surface area contributed by atoms with Crippen LogP contribution in [-0.4, -0.2) is 59.1 Å². The quantitative estimate of drug-likeness (QED) is 0.490. The minimum Gasteiger partial charge on any atom is -0.391 e. The Hall–Kier alpha value is 0.190. The highest BCUT2D eigenvalue weighted by Gasteiger charge is 2.16. The summed E-state index contributed by atoms with van der Waals surface area (Å²) in [5.74, 6) is 1.42. The standard InChI is InChI=1S/C18H36N2O2S/c21-17(11-19-15-7-3-1-4-8-15)13-23-14-18(22)12-20-16-9-5-2-6-10-16/h15-22H,1-14H2/t17-,18-/m1/s1. The lowest BCUT2D eigenvalue weighted by Crippen LogP contribution is -2.39. The highest BCUT2D eigenvalue weighted by Crippen LogP contribution is 2.18. The fourth-order valence-electron chi connectivity index (χ4n) is 3.68. The number of aliphatic hydroxyl groups excluding tert-OH is 2. The number of hydrogen-bond donors (Lipinski definition) is 4. The zero-order chi connectivity index (χ0) is 16.3. The zero-order valence-electron chi connectivity index (χ0n) is 14.5. The van der Waals surface area contributed by atoms with E-state index in [4.69, 9.17) is 0 Å². The van der Waals surface area contributed by atoms with Gasteiger partial charge in [0.05, 0.1) is 12.2 Å². The van der Waals surface area contributed by atoms with Crippen LogP contribution >= 0.6 is 11.8 Å². The lowest BCUT2D eigenvalue weighted by molar-refractivity contribution is 0.181. The molecule has 0 bridgehead atoms. The molecule has 2 aliphatic rings. The van der Waals surface area contributed by atoms with Crippen molar-refractivity contribution >= 4 is 11.8 Å². The summed E-state index contributed by atoms with van der Waals surface area (Å²) in [5.41, 5.74) is 0. The van der Waals surface area contributed by atoms with Crippen LogP contribution in [-0.2, 0) is 0 Å². The van der Waals surface area contributed by atoms with Crippen LogP contribution in [0.4, 0.5) is 0 Å². The molecular formula is C18H36N2O2S. The molecule has 0 amide bonds. The van der Waals surface area contributed by atoms with E-state index >= 15 is 0 Å². The zero-order valence-corrected chi connectivity index (χ0v) is 15.3. The van der Waals surface area contributed by atoms with Crippen LogP contribution < -0.4 is 10.6 Å². The number of nitrogens with one attached hydrogen (secondary N) is 2. The molecule has 0 heterocycles. The van der Waals surface area contributed by atoms with Crippen LogP contribution in [0.5, 0.6) is 0 Å². The van der Waals surface area contributed by atoms with Crippen LogP contribution in [0.3, 0.4) is 0 Å². The SMILES string of the molecule is O[C@H](CNC1CCCCC1)CSC[C@H](O)CNC1CCCCC1. The highest BCUT2D eigenvalue weighted by atomic mass is 32.2. The summed E-state index contributed by atoms with van der Waals surface area (Å²) in [6.45, 7) is 1.38. The molecule has 0 radical (unpaired) electrons. The maximum Gasteiger partial charge on any atom is 0.0754 e. The monoisotopic (exact) mass is 344 g/mol. The second-order valence-corrected chi connectivity index (χ2v) is 8.41. The van der Waals surface area contributed by atoms with Crippen LogP contribution in [0.2, 0.25) is 0 Å². The fourth-order valence-corrected chi connectivity index (χ4v) is 4.59. The van der Waals surface area contributed by atoms with Gasteiger partial charge in [-0.1, -0.05) is 38.5 Å². The molecule has 0 aromatic carbocycles. The Morgan fingerprint density at radius 1 is 0.696 bits per heavy atom. The highest BCUT2D eigenvalue weighted by molar-refractivity contribution is 7.99. The van der Waals surface area contributed by atoms with Gasteiger partial charge in [-0.2, -0.15) is 11.8 Å². The summed E-state index contributed by atoms with van der Waals surface area (Å²) in [7, 11) is 0. The molecule has 2 rings (SSSR count). The molecule has 2 atom stereocenters. The van der Waals surface area contributed by atoms with Gasteiger partial charge < -0.3 is 20.8 Å². The second-order valence-electron chi connectivity index (χ2n) is 7.33. The lowest BCUT2D eigenvalue weighted by atomic mass is 9.95. The van der Waals surface area contributed by atoms with E-state index in [0.29, 0.717) is 36.7 Å². The van der Waals surface area contributed by atoms with Crippen molar-refractivity contribution in [3.63, 3.8) is 0 Å². The maximum absolute atomic E-state index is 10.0. The molecule has 0 aromatic heterocycles. The van der Waals surface area contributed by atoms with E-state index in [-0.39, 0.29) is 12.2 Å². The molecule has 4 nitrogen and oxygen atoms in total. The number of aliphatic hydroxyl groups is 2. The Labute approximate surface area is 146 Å². The topological polar surface area (TPSA) is 64.5 Å². The summed E-state index contributed by atoms with van der Waals surface area (Å²) >= 11 is 1.66. The van der Waals surface area contributed by atoms with Crippen molar-refractivity contribution in [1.29, 1.82) is 0 Å². The van der Waals surface area contributed by atoms with Gasteiger partial charge in [-0.25, -0.2) is 0 Å². The Kier molecular flexibility index (Phi) is 9.92. The first-order chi connectivity index (χ1) is 11.2. The summed E-state index contributed by atoms with van der Waals surface area (Å²) in [4.78, 5) is 0. The Morgan fingerprint density at radius 2 is 1.09 bits per heavy atom. The molecule has 4 N–H and O–H groups in total. The van der Waals surface area contributed by atoms with Crippen molar-refractivity contribution in [2.24, 2.45) is 0 Å². The molecule has 0 saturated heterocycles. The van der Waals surface area contributed by atoms with Crippen molar-refractivity contribution in [2.75, 3.05) is 24.6 Å². The van der Waals surface area contributed by atoms with E-state index in [1.807, 2.05) is 0 Å². The van der Waals surface area contributed by atoms with Crippen LogP contribution in [0.1, 0.15) is 64.2 Å². The van der Waals surface area contributed by atoms with Gasteiger partial charge in [0.1, 0.15) is 0 Å². The summed E-state index contributed by atoms with van der Waals surface area (Å²) in [6.07, 6.45) is 12.4. The van der Waals surface area contributed by atoms with Crippen LogP contribution in [0.15, 0.2) is 0 Å². The van der Waals surface area contributed by atoms with E-state index in [1.54, 1.807) is 11.8 Å². The van der Waals surface area contributed by atoms with Crippen molar-refractivity contribution in [3.05, 3.63) is 0 Å². The average molecular weight is 345 g/mol. The van der Waals surface area contributed by atoms with Crippen molar-refractivity contribution in [1.82, 2.24) is 10.6 Å². The third-order valence-electron chi connectivity index (χ3n) is 5.12. The first-order valence-corrected chi connectivity index (χ1v) is 10.8. The first kappa shape index (κ1) is 19.5. The summed E-state index contributed by atoms with van der Waals surface area (Å²) < 4.78 is 0. The number of rotatable bonds is 10. The number of thioether (sulfide) groups is 1. The van der Waals surface area contributed by atoms with Gasteiger partial charge in [-0.05, 0) is 25.7 Å². The molecular weight excluding hydrogens is 308 g/mol. The molecule has 2 saturated carbocycles. The summed E-state index contributed by atoms with van der Waals surface area (Å²) in [6, 6.07) is 1.21. The minimum absolute atomic E-state index is 0.305. The van der Waals surface area contributed by atoms with Gasteiger partial charge in [-0.3, -0.25) is 0 Å². The normalized spacial score (nSPS) is 23.7. The van der Waals surface area contributed by atoms with Crippen LogP contribution in [0, 0.1) is 0 Å². The Morgan fingerprint density at radius 3 is 1.48 bits per heavy atom. The van der Waals surface area contributed by atoms with Crippen molar-refractivity contribution in [2.45, 2.75) is 88.5 Å². The molecule has 23 heavy (non-hydrogen) atoms. The number of hydrogen-bond acceptors (Lipinski definition) is 5. The van der Waals surface area contributed by atoms with Gasteiger partial charge in [-0.15, -0.1) is 0 Å². The van der Waals surface area contributed by atoms with Gasteiger partial charge >= 0.3 is 0 Å². The molecule has 2 aliphatic carbocycles. The van der Waals surface area contributed by atoms with E-state index in [0.717, 1.165) is 0 Å². The molecule has 5 heteroatoms. The maximum atomic E-state index is 10.0.